The minimum atomic E-state index is -0.912. The molecule has 1 N–H and O–H groups in total. The molecule has 0 amide bonds. The molecule has 2 saturated carbocycles. The maximum absolute atomic E-state index is 11.1. The first-order valence-electron chi connectivity index (χ1n) is 14.2. The number of hydrogen-bond donors (Lipinski definition) is 1. The summed E-state index contributed by atoms with van der Waals surface area (Å²) in [6.45, 7) is 2.92. The van der Waals surface area contributed by atoms with Crippen LogP contribution in [0.5, 0.6) is 0 Å². The summed E-state index contributed by atoms with van der Waals surface area (Å²) in [5.74, 6) is 47.9. The third-order valence-electron chi connectivity index (χ3n) is 9.27. The maximum atomic E-state index is 11.1. The second kappa shape index (κ2) is 13.8. The fraction of sp³-hybridized carbons (Fsp3) is 0.421. The average Bonchev–Trinajstić information content (AvgIpc) is 3.50. The molecule has 1 aliphatic heterocycles. The van der Waals surface area contributed by atoms with Crippen molar-refractivity contribution in [2.24, 2.45) is 28.6 Å². The maximum Gasteiger partial charge on any atom is 0.171 e. The van der Waals surface area contributed by atoms with Crippen molar-refractivity contribution in [3.05, 3.63) is 23.7 Å². The number of furan rings is 1. The smallest absolute Gasteiger partial charge is 0.171 e. The van der Waals surface area contributed by atoms with E-state index >= 15 is 0 Å². The molecule has 0 aromatic carbocycles. The Balaban J connectivity index is 1.22. The van der Waals surface area contributed by atoms with Crippen LogP contribution in [0.4, 0.5) is 0 Å². The van der Waals surface area contributed by atoms with Crippen molar-refractivity contribution in [2.75, 3.05) is 13.7 Å². The first-order valence-corrected chi connectivity index (χ1v) is 14.2. The van der Waals surface area contributed by atoms with Gasteiger partial charge in [0.05, 0.1) is 25.4 Å². The molecule has 5 nitrogen and oxygen atoms in total. The van der Waals surface area contributed by atoms with Crippen molar-refractivity contribution in [3.8, 4) is 107 Å². The highest BCUT2D eigenvalue weighted by Gasteiger charge is 2.66. The molecule has 210 valence electrons. The Morgan fingerprint density at radius 3 is 2.12 bits per heavy atom. The van der Waals surface area contributed by atoms with Crippen LogP contribution in [0.1, 0.15) is 56.3 Å². The summed E-state index contributed by atoms with van der Waals surface area (Å²) in [7, 11) is 1.34. The quantitative estimate of drug-likeness (QED) is 0.321. The number of hydrogen-bond acceptors (Lipinski definition) is 5. The van der Waals surface area contributed by atoms with Gasteiger partial charge in [0.25, 0.3) is 0 Å². The zero-order chi connectivity index (χ0) is 30.0. The van der Waals surface area contributed by atoms with Gasteiger partial charge in [-0.25, -0.2) is 0 Å². The van der Waals surface area contributed by atoms with Crippen LogP contribution < -0.4 is 0 Å². The highest BCUT2D eigenvalue weighted by atomic mass is 17.2. The molecular weight excluding hydrogens is 536 g/mol. The van der Waals surface area contributed by atoms with Crippen LogP contribution in [-0.2, 0) is 20.9 Å². The fourth-order valence-corrected chi connectivity index (χ4v) is 7.70. The van der Waals surface area contributed by atoms with Crippen LogP contribution in [0.15, 0.2) is 16.7 Å². The fourth-order valence-electron chi connectivity index (χ4n) is 7.70. The van der Waals surface area contributed by atoms with Gasteiger partial charge in [0.1, 0.15) is 5.76 Å². The van der Waals surface area contributed by atoms with Crippen molar-refractivity contribution in [1.29, 1.82) is 0 Å². The van der Waals surface area contributed by atoms with Crippen molar-refractivity contribution in [3.63, 3.8) is 0 Å². The lowest BCUT2D eigenvalue weighted by molar-refractivity contribution is -0.295. The summed E-state index contributed by atoms with van der Waals surface area (Å²) in [6, 6.07) is 2.14. The highest BCUT2D eigenvalue weighted by Crippen LogP contribution is 2.67. The second-order valence-corrected chi connectivity index (χ2v) is 11.0. The summed E-state index contributed by atoms with van der Waals surface area (Å²) < 4.78 is 12.1. The zero-order valence-electron chi connectivity index (χ0n) is 24.1. The Hall–Kier alpha value is -5.00. The molecule has 3 fully saturated rings. The van der Waals surface area contributed by atoms with E-state index in [4.69, 9.17) is 9.15 Å². The molecule has 2 bridgehead atoms. The van der Waals surface area contributed by atoms with Crippen LogP contribution in [0.25, 0.3) is 0 Å². The van der Waals surface area contributed by atoms with Gasteiger partial charge in [0.15, 0.2) is 12.4 Å². The molecule has 0 unspecified atom stereocenters. The van der Waals surface area contributed by atoms with Crippen LogP contribution in [0.2, 0.25) is 0 Å². The van der Waals surface area contributed by atoms with Gasteiger partial charge >= 0.3 is 0 Å². The Morgan fingerprint density at radius 1 is 0.837 bits per heavy atom. The van der Waals surface area contributed by atoms with E-state index in [1.165, 1.54) is 12.7 Å². The summed E-state index contributed by atoms with van der Waals surface area (Å²) in [5.41, 5.74) is 0.746. The van der Waals surface area contributed by atoms with Crippen LogP contribution >= 0.6 is 0 Å². The van der Waals surface area contributed by atoms with Gasteiger partial charge in [-0.05, 0) is 108 Å². The molecule has 1 saturated heterocycles. The molecule has 5 heteroatoms. The largest absolute Gasteiger partial charge is 0.469 e. The SMILES string of the molecule is COOC#CC#CC#CC#CC#CC#CC#CC#CC#C[C@]12CCC[C@]3(CO[C@@H]1O)[C@H]1Cc4occc4[C@H](C)[C@@H]1CC[C@@H]23. The molecule has 3 aliphatic carbocycles. The standard InChI is InChI=1S/C38H28O5/c1-30-31-20-21-35-37(24-19-25-38(35,29-42-36(37)39)33(31)28-34-32(30)22-27-41-34)23-17-15-13-11-9-7-5-3-4-6-8-10-12-14-16-18-26-43-40-2/h22,27,30-31,33,35-36,39H,19-21,24-25,28-29H2,1-2H3/t30-,31+,33+,35+,36+,37-,38+/m1/s1. The van der Waals surface area contributed by atoms with E-state index in [1.54, 1.807) is 0 Å². The molecule has 5 rings (SSSR count). The first kappa shape index (κ1) is 29.5. The minimum absolute atomic E-state index is 0.00215. The van der Waals surface area contributed by atoms with E-state index < -0.39 is 11.7 Å². The molecule has 4 aliphatic rings. The topological polar surface area (TPSA) is 61.1 Å². The number of aliphatic hydroxyl groups excluding tert-OH is 1. The van der Waals surface area contributed by atoms with Crippen molar-refractivity contribution < 1.29 is 24.0 Å². The lowest BCUT2D eigenvalue weighted by atomic mass is 9.41. The van der Waals surface area contributed by atoms with Crippen molar-refractivity contribution in [2.45, 2.75) is 57.7 Å². The van der Waals surface area contributed by atoms with Crippen LogP contribution in [-0.4, -0.2) is 25.1 Å². The highest BCUT2D eigenvalue weighted by molar-refractivity contribution is 5.46. The Kier molecular flexibility index (Phi) is 9.45. The van der Waals surface area contributed by atoms with Gasteiger partial charge in [-0.15, -0.1) is 0 Å². The predicted octanol–water partition coefficient (Wildman–Crippen LogP) is 3.65. The van der Waals surface area contributed by atoms with Crippen LogP contribution in [0, 0.1) is 135 Å². The number of rotatable bonds is 1. The third kappa shape index (κ3) is 6.13. The first-order chi connectivity index (χ1) is 21.1. The molecule has 0 spiro atoms. The Bertz CT molecular complexity index is 1830. The summed E-state index contributed by atoms with van der Waals surface area (Å²) in [4.78, 5) is 8.61. The number of fused-ring (bicyclic) bond motifs is 2. The van der Waals surface area contributed by atoms with E-state index in [0.717, 1.165) is 44.3 Å². The van der Waals surface area contributed by atoms with Gasteiger partial charge in [-0.3, -0.25) is 4.89 Å². The molecular formula is C38H28O5. The van der Waals surface area contributed by atoms with Gasteiger partial charge in [-0.2, -0.15) is 4.89 Å². The van der Waals surface area contributed by atoms with Gasteiger partial charge in [-0.1, -0.05) is 19.3 Å². The average molecular weight is 565 g/mol. The van der Waals surface area contributed by atoms with Gasteiger partial charge in [0.2, 0.25) is 0 Å². The molecule has 1 aromatic rings. The monoisotopic (exact) mass is 564 g/mol. The predicted molar refractivity (Wildman–Crippen MR) is 159 cm³/mol. The summed E-state index contributed by atoms with van der Waals surface area (Å²) in [6.07, 6.45) is 9.16. The van der Waals surface area contributed by atoms with E-state index in [0.29, 0.717) is 24.4 Å². The lowest BCUT2D eigenvalue weighted by Crippen LogP contribution is -2.65. The number of ether oxygens (including phenoxy) is 1. The summed E-state index contributed by atoms with van der Waals surface area (Å²) >= 11 is 0. The second-order valence-electron chi connectivity index (χ2n) is 11.0. The van der Waals surface area contributed by atoms with Crippen molar-refractivity contribution in [1.82, 2.24) is 0 Å². The van der Waals surface area contributed by atoms with Crippen molar-refractivity contribution >= 4 is 0 Å². The molecule has 0 radical (unpaired) electrons. The minimum Gasteiger partial charge on any atom is -0.469 e. The molecule has 1 aromatic heterocycles. The van der Waals surface area contributed by atoms with Gasteiger partial charge in [0, 0.05) is 59.2 Å². The van der Waals surface area contributed by atoms with E-state index in [9.17, 15) is 5.11 Å². The van der Waals surface area contributed by atoms with E-state index in [1.807, 2.05) is 6.26 Å². The normalized spacial score (nSPS) is 29.7. The zero-order valence-corrected chi connectivity index (χ0v) is 24.1. The number of aliphatic hydroxyl groups is 1. The van der Waals surface area contributed by atoms with Crippen LogP contribution in [0.3, 0.4) is 0 Å². The summed E-state index contributed by atoms with van der Waals surface area (Å²) in [5, 5.41) is 11.1. The van der Waals surface area contributed by atoms with E-state index in [-0.39, 0.29) is 11.3 Å². The third-order valence-corrected chi connectivity index (χ3v) is 9.27. The molecule has 43 heavy (non-hydrogen) atoms. The van der Waals surface area contributed by atoms with E-state index in [2.05, 4.69) is 130 Å². The Labute approximate surface area is 254 Å². The molecule has 7 atom stereocenters. The Morgan fingerprint density at radius 2 is 1.47 bits per heavy atom. The lowest BCUT2D eigenvalue weighted by Gasteiger charge is -2.65. The molecule has 2 heterocycles. The van der Waals surface area contributed by atoms with Gasteiger partial charge < -0.3 is 14.3 Å².